The van der Waals surface area contributed by atoms with E-state index in [1.165, 1.54) is 22.9 Å². The van der Waals surface area contributed by atoms with Crippen molar-refractivity contribution in [2.75, 3.05) is 13.1 Å². The first-order valence-corrected chi connectivity index (χ1v) is 14.9. The number of rotatable bonds is 5. The molecule has 13 heteroatoms. The first-order chi connectivity index (χ1) is 20.1. The van der Waals surface area contributed by atoms with Gasteiger partial charge in [0.25, 0.3) is 6.09 Å². The molecule has 1 saturated heterocycles. The van der Waals surface area contributed by atoms with Crippen LogP contribution in [0.2, 0.25) is 5.02 Å². The molecule has 0 bridgehead atoms. The third kappa shape index (κ3) is 5.87. The maximum atomic E-state index is 14.0. The van der Waals surface area contributed by atoms with E-state index >= 15 is 0 Å². The van der Waals surface area contributed by atoms with Crippen molar-refractivity contribution in [2.45, 2.75) is 58.3 Å². The van der Waals surface area contributed by atoms with Gasteiger partial charge in [0.15, 0.2) is 0 Å². The molecular weight excluding hydrogens is 605 g/mol. The lowest BCUT2D eigenvalue weighted by Gasteiger charge is -2.52. The number of fused-ring (bicyclic) bond motifs is 1. The highest BCUT2D eigenvalue weighted by Gasteiger charge is 2.46. The van der Waals surface area contributed by atoms with Crippen LogP contribution >= 0.6 is 22.9 Å². The largest absolute Gasteiger partial charge is 0.498 e. The fourth-order valence-corrected chi connectivity index (χ4v) is 7.18. The van der Waals surface area contributed by atoms with Crippen molar-refractivity contribution in [3.63, 3.8) is 0 Å². The molecular formula is C30H30ClF3N4O4S. The molecule has 1 aromatic heterocycles. The molecule has 2 aliphatic rings. The Bertz CT molecular complexity index is 1810. The van der Waals surface area contributed by atoms with Crippen LogP contribution in [0.15, 0.2) is 51.4 Å². The molecule has 1 unspecified atom stereocenters. The summed E-state index contributed by atoms with van der Waals surface area (Å²) in [5, 5.41) is 32.7. The minimum atomic E-state index is -4.69. The number of hydrogen-bond donors (Lipinski definition) is 1. The van der Waals surface area contributed by atoms with E-state index < -0.39 is 28.2 Å². The number of alkyl halides is 3. The van der Waals surface area contributed by atoms with Gasteiger partial charge in [0.1, 0.15) is 0 Å². The zero-order valence-corrected chi connectivity index (χ0v) is 25.3. The lowest BCUT2D eigenvalue weighted by atomic mass is 9.89. The fraction of sp³-hybridized carbons (Fsp3) is 0.400. The van der Waals surface area contributed by atoms with Gasteiger partial charge in [-0.05, 0) is 74.2 Å². The lowest BCUT2D eigenvalue weighted by Crippen LogP contribution is -2.70. The summed E-state index contributed by atoms with van der Waals surface area (Å²) in [5.74, 6) is -0.634. The molecule has 3 aromatic rings. The van der Waals surface area contributed by atoms with E-state index in [1.54, 1.807) is 18.2 Å². The van der Waals surface area contributed by atoms with Crippen LogP contribution in [0.5, 0.6) is 5.88 Å². The Labute approximate surface area is 254 Å². The smallest absolute Gasteiger partial charge is 0.416 e. The second kappa shape index (κ2) is 11.2. The highest BCUT2D eigenvalue weighted by molar-refractivity contribution is 7.10. The van der Waals surface area contributed by atoms with E-state index in [9.17, 15) is 33.0 Å². The van der Waals surface area contributed by atoms with Gasteiger partial charge in [-0.15, -0.1) is 0 Å². The van der Waals surface area contributed by atoms with E-state index in [1.807, 2.05) is 20.8 Å². The van der Waals surface area contributed by atoms with Crippen molar-refractivity contribution in [1.82, 2.24) is 4.57 Å². The first kappa shape index (κ1) is 31.0. The Morgan fingerprint density at radius 1 is 1.21 bits per heavy atom. The summed E-state index contributed by atoms with van der Waals surface area (Å²) in [7, 11) is 0. The number of carbonyl (C=O) groups excluding carboxylic acids is 1. The molecule has 1 fully saturated rings. The van der Waals surface area contributed by atoms with Crippen molar-refractivity contribution in [3.05, 3.63) is 83.2 Å². The Morgan fingerprint density at radius 3 is 2.63 bits per heavy atom. The van der Waals surface area contributed by atoms with Crippen LogP contribution in [0, 0.1) is 5.92 Å². The van der Waals surface area contributed by atoms with Crippen molar-refractivity contribution < 1.29 is 32.7 Å². The number of piperidine rings is 1. The normalized spacial score (nSPS) is 21.0. The summed E-state index contributed by atoms with van der Waals surface area (Å²) >= 11 is 6.65. The first-order valence-electron chi connectivity index (χ1n) is 13.7. The molecule has 0 aliphatic carbocycles. The molecule has 2 aromatic carbocycles. The van der Waals surface area contributed by atoms with Crippen LogP contribution in [0.25, 0.3) is 5.57 Å². The molecule has 43 heavy (non-hydrogen) atoms. The van der Waals surface area contributed by atoms with Gasteiger partial charge in [-0.25, -0.2) is 0 Å². The summed E-state index contributed by atoms with van der Waals surface area (Å²) in [6, 6.07) is 8.56. The molecule has 8 nitrogen and oxygen atoms in total. The van der Waals surface area contributed by atoms with Gasteiger partial charge in [0.2, 0.25) is 5.88 Å². The number of aromatic hydroxyl groups is 1. The van der Waals surface area contributed by atoms with Crippen molar-refractivity contribution in [2.24, 2.45) is 16.1 Å². The summed E-state index contributed by atoms with van der Waals surface area (Å²) < 4.78 is 43.0. The van der Waals surface area contributed by atoms with Gasteiger partial charge in [0.05, 0.1) is 40.6 Å². The minimum Gasteiger partial charge on any atom is -0.498 e. The molecule has 5 rings (SSSR count). The number of benzene rings is 2. The van der Waals surface area contributed by atoms with Crippen LogP contribution in [-0.4, -0.2) is 45.1 Å². The van der Waals surface area contributed by atoms with Crippen LogP contribution in [0.1, 0.15) is 55.2 Å². The van der Waals surface area contributed by atoms with Crippen LogP contribution in [-0.2, 0) is 19.1 Å². The average molecular weight is 635 g/mol. The second-order valence-corrected chi connectivity index (χ2v) is 13.4. The van der Waals surface area contributed by atoms with E-state index in [0.717, 1.165) is 17.4 Å². The highest BCUT2D eigenvalue weighted by atomic mass is 35.5. The average Bonchev–Trinajstić information content (AvgIpc) is 3.50. The van der Waals surface area contributed by atoms with Gasteiger partial charge in [-0.1, -0.05) is 35.1 Å². The Kier molecular flexibility index (Phi) is 8.08. The number of aromatic nitrogens is 1. The summed E-state index contributed by atoms with van der Waals surface area (Å²) in [5.41, 5.74) is -0.682. The SMILES string of the molecule is CC(C)(C)[N+]1(C(=O)[O-])CCC[C@H](Cn2c(O)c(C(Cc3ccc(Cl)cc3C(F)(F)F)=c3ccc4c(c3)C=NN=4)sc2=O)C1. The van der Waals surface area contributed by atoms with Gasteiger partial charge in [-0.2, -0.15) is 23.4 Å². The number of carbonyl (C=O) groups is 1. The Balaban J connectivity index is 1.61. The molecule has 228 valence electrons. The van der Waals surface area contributed by atoms with Gasteiger partial charge >= 0.3 is 11.0 Å². The van der Waals surface area contributed by atoms with Gasteiger partial charge < -0.3 is 15.0 Å². The summed E-state index contributed by atoms with van der Waals surface area (Å²) in [6.45, 7) is 6.17. The maximum Gasteiger partial charge on any atom is 0.416 e. The van der Waals surface area contributed by atoms with E-state index in [2.05, 4.69) is 10.2 Å². The predicted molar refractivity (Wildman–Crippen MR) is 156 cm³/mol. The highest BCUT2D eigenvalue weighted by Crippen LogP contribution is 2.38. The van der Waals surface area contributed by atoms with Crippen molar-refractivity contribution in [1.29, 1.82) is 0 Å². The minimum absolute atomic E-state index is 0.0578. The van der Waals surface area contributed by atoms with Gasteiger partial charge in [0, 0.05) is 29.5 Å². The predicted octanol–water partition coefficient (Wildman–Crippen LogP) is 4.07. The summed E-state index contributed by atoms with van der Waals surface area (Å²) in [6.07, 6.45) is -3.38. The molecule has 0 spiro atoms. The molecule has 2 atom stereocenters. The lowest BCUT2D eigenvalue weighted by molar-refractivity contribution is -0.927. The van der Waals surface area contributed by atoms with E-state index in [4.69, 9.17) is 11.6 Å². The number of quaternary nitrogens is 1. The number of likely N-dealkylation sites (tertiary alicyclic amines) is 1. The third-order valence-corrected chi connectivity index (χ3v) is 9.69. The zero-order valence-electron chi connectivity index (χ0n) is 23.7. The summed E-state index contributed by atoms with van der Waals surface area (Å²) in [4.78, 5) is 25.3. The zero-order chi connectivity index (χ0) is 31.3. The van der Waals surface area contributed by atoms with E-state index in [0.29, 0.717) is 41.1 Å². The van der Waals surface area contributed by atoms with E-state index in [-0.39, 0.29) is 51.3 Å². The van der Waals surface area contributed by atoms with Gasteiger partial charge in [-0.3, -0.25) is 13.8 Å². The topological polar surface area (TPSA) is 107 Å². The van der Waals surface area contributed by atoms with Crippen molar-refractivity contribution in [3.8, 4) is 5.88 Å². The quantitative estimate of drug-likeness (QED) is 0.427. The molecule has 0 saturated carbocycles. The van der Waals surface area contributed by atoms with Crippen LogP contribution < -0.4 is 20.6 Å². The third-order valence-electron chi connectivity index (χ3n) is 8.42. The Morgan fingerprint density at radius 2 is 1.95 bits per heavy atom. The standard InChI is InChI=1S/C30H30ClF3N4O4S/c1-29(2,3)38(28(41)42)10-4-5-17(16-38)15-37-26(39)25(43-27(37)40)22(18-7-9-24-20(11-18)14-35-36-24)12-19-6-8-21(31)13-23(19)30(32,33)34/h6-9,11,13-14,17H,4-5,10,12,15-16H2,1-3H3,(H-,35,36,39,41,42)/t17-,38?/m1/s1. The molecule has 1 amide bonds. The molecule has 2 aliphatic heterocycles. The van der Waals surface area contributed by atoms with Crippen molar-refractivity contribution >= 4 is 40.8 Å². The van der Waals surface area contributed by atoms with Crippen LogP contribution in [0.4, 0.5) is 18.0 Å². The fourth-order valence-electron chi connectivity index (χ4n) is 6.04. The number of hydrogen-bond acceptors (Lipinski definition) is 7. The second-order valence-electron chi connectivity index (χ2n) is 12.0. The maximum absolute atomic E-state index is 14.0. The number of thiazole rings is 1. The molecule has 0 radical (unpaired) electrons. The number of halogens is 4. The van der Waals surface area contributed by atoms with Crippen LogP contribution in [0.3, 0.4) is 0 Å². The monoisotopic (exact) mass is 634 g/mol. The molecule has 3 heterocycles. The number of carboxylic acid groups (broad SMARTS) is 1. The Hall–Kier alpha value is -3.48. The molecule has 1 N–H and O–H groups in total. The number of nitrogens with zero attached hydrogens (tertiary/aromatic N) is 4. The number of amides is 1.